The molecule has 0 spiro atoms. The molecule has 0 aliphatic heterocycles. The molecule has 0 rings (SSSR count). The van der Waals surface area contributed by atoms with Crippen molar-refractivity contribution < 1.29 is 32.9 Å². The number of phosphoric acid groups is 1. The Labute approximate surface area is 334 Å². The van der Waals surface area contributed by atoms with Gasteiger partial charge < -0.3 is 28.8 Å². The second kappa shape index (κ2) is 37.6. The van der Waals surface area contributed by atoms with Gasteiger partial charge in [0.25, 0.3) is 7.82 Å². The van der Waals surface area contributed by atoms with Gasteiger partial charge in [0.2, 0.25) is 5.91 Å². The lowest BCUT2D eigenvalue weighted by Gasteiger charge is -2.29. The van der Waals surface area contributed by atoms with E-state index in [0.29, 0.717) is 17.4 Å². The molecule has 0 saturated heterocycles. The first kappa shape index (κ1) is 53.0. The number of allylic oxidation sites excluding steroid dienone is 3. The minimum Gasteiger partial charge on any atom is -0.756 e. The molecule has 0 bridgehead atoms. The molecule has 0 aromatic carbocycles. The second-order valence-electron chi connectivity index (χ2n) is 16.8. The van der Waals surface area contributed by atoms with Crippen molar-refractivity contribution in [2.75, 3.05) is 40.9 Å². The van der Waals surface area contributed by atoms with Gasteiger partial charge in [-0.25, -0.2) is 0 Å². The molecule has 0 fully saturated rings. The zero-order chi connectivity index (χ0) is 40.0. The fraction of sp³-hybridized carbons (Fsp3) is 0.889. The maximum Gasteiger partial charge on any atom is 0.268 e. The number of phosphoric ester groups is 1. The summed E-state index contributed by atoms with van der Waals surface area (Å²) in [5, 5.41) is 13.7. The van der Waals surface area contributed by atoms with Crippen molar-refractivity contribution in [2.24, 2.45) is 0 Å². The predicted octanol–water partition coefficient (Wildman–Crippen LogP) is 11.9. The van der Waals surface area contributed by atoms with Gasteiger partial charge >= 0.3 is 0 Å². The zero-order valence-electron chi connectivity index (χ0n) is 36.2. The van der Waals surface area contributed by atoms with Gasteiger partial charge in [-0.05, 0) is 32.1 Å². The van der Waals surface area contributed by atoms with Crippen LogP contribution in [-0.2, 0) is 18.4 Å². The molecule has 0 aliphatic carbocycles. The third-order valence-electron chi connectivity index (χ3n) is 10.2. The molecule has 9 heteroatoms. The number of nitrogens with one attached hydrogen (secondary N) is 1. The number of aliphatic hydroxyl groups is 1. The average molecular weight is 785 g/mol. The van der Waals surface area contributed by atoms with Crippen LogP contribution in [0.5, 0.6) is 0 Å². The Hall–Kier alpha value is -1.02. The number of nitrogens with zero attached hydrogens (tertiary/aromatic N) is 1. The molecule has 1 amide bonds. The van der Waals surface area contributed by atoms with E-state index in [1.165, 1.54) is 148 Å². The quantitative estimate of drug-likeness (QED) is 0.0277. The Morgan fingerprint density at radius 2 is 1.04 bits per heavy atom. The van der Waals surface area contributed by atoms with E-state index >= 15 is 0 Å². The molecule has 320 valence electrons. The number of unbranched alkanes of at least 4 members (excludes halogenated alkanes) is 26. The number of aliphatic hydroxyl groups excluding tert-OH is 1. The third-order valence-corrected chi connectivity index (χ3v) is 11.1. The monoisotopic (exact) mass is 785 g/mol. The lowest BCUT2D eigenvalue weighted by Crippen LogP contribution is -2.45. The van der Waals surface area contributed by atoms with E-state index in [2.05, 4.69) is 31.3 Å². The number of likely N-dealkylation sites (N-methyl/N-ethyl adjacent to an activating group) is 1. The molecule has 0 saturated carbocycles. The Kier molecular flexibility index (Phi) is 36.8. The summed E-state index contributed by atoms with van der Waals surface area (Å²) in [4.78, 5) is 25.2. The van der Waals surface area contributed by atoms with Gasteiger partial charge in [0.15, 0.2) is 0 Å². The summed E-state index contributed by atoms with van der Waals surface area (Å²) in [6.07, 6.45) is 43.9. The molecule has 0 radical (unpaired) electrons. The summed E-state index contributed by atoms with van der Waals surface area (Å²) < 4.78 is 23.1. The first-order valence-electron chi connectivity index (χ1n) is 22.7. The van der Waals surface area contributed by atoms with Crippen molar-refractivity contribution in [3.05, 3.63) is 24.3 Å². The highest BCUT2D eigenvalue weighted by Gasteiger charge is 2.23. The molecular formula is C45H89N2O6P. The van der Waals surface area contributed by atoms with Gasteiger partial charge in [-0.2, -0.15) is 0 Å². The number of amides is 1. The van der Waals surface area contributed by atoms with Crippen LogP contribution in [0, 0.1) is 0 Å². The van der Waals surface area contributed by atoms with Crippen LogP contribution in [-0.4, -0.2) is 68.5 Å². The summed E-state index contributed by atoms with van der Waals surface area (Å²) in [5.41, 5.74) is 0. The van der Waals surface area contributed by atoms with Crippen molar-refractivity contribution in [3.8, 4) is 0 Å². The summed E-state index contributed by atoms with van der Waals surface area (Å²) in [6.45, 7) is 4.60. The fourth-order valence-electron chi connectivity index (χ4n) is 6.52. The topological polar surface area (TPSA) is 108 Å². The van der Waals surface area contributed by atoms with Gasteiger partial charge in [0, 0.05) is 6.42 Å². The van der Waals surface area contributed by atoms with E-state index in [1.807, 2.05) is 27.2 Å². The Balaban J connectivity index is 4.30. The largest absolute Gasteiger partial charge is 0.756 e. The zero-order valence-corrected chi connectivity index (χ0v) is 37.1. The normalized spacial score (nSPS) is 14.6. The van der Waals surface area contributed by atoms with E-state index in [-0.39, 0.29) is 19.1 Å². The van der Waals surface area contributed by atoms with Gasteiger partial charge in [0.1, 0.15) is 13.2 Å². The average Bonchev–Trinajstić information content (AvgIpc) is 3.12. The first-order valence-corrected chi connectivity index (χ1v) is 24.2. The van der Waals surface area contributed by atoms with Gasteiger partial charge in [-0.3, -0.25) is 9.36 Å². The lowest BCUT2D eigenvalue weighted by atomic mass is 10.0. The van der Waals surface area contributed by atoms with Crippen LogP contribution in [0.15, 0.2) is 24.3 Å². The minimum absolute atomic E-state index is 0.00457. The molecule has 0 aromatic heterocycles. The van der Waals surface area contributed by atoms with E-state index in [0.717, 1.165) is 38.5 Å². The van der Waals surface area contributed by atoms with Gasteiger partial charge in [0.05, 0.1) is 39.9 Å². The van der Waals surface area contributed by atoms with Crippen LogP contribution in [0.4, 0.5) is 0 Å². The molecular weight excluding hydrogens is 695 g/mol. The van der Waals surface area contributed by atoms with Crippen molar-refractivity contribution in [3.63, 3.8) is 0 Å². The highest BCUT2D eigenvalue weighted by atomic mass is 31.2. The third kappa shape index (κ3) is 39.2. The highest BCUT2D eigenvalue weighted by Crippen LogP contribution is 2.38. The number of rotatable bonds is 41. The number of hydrogen-bond donors (Lipinski definition) is 2. The van der Waals surface area contributed by atoms with E-state index in [1.54, 1.807) is 6.08 Å². The molecule has 54 heavy (non-hydrogen) atoms. The molecule has 8 nitrogen and oxygen atoms in total. The number of carbonyl (C=O) groups is 1. The van der Waals surface area contributed by atoms with Crippen molar-refractivity contribution in [2.45, 2.75) is 219 Å². The maximum atomic E-state index is 12.8. The van der Waals surface area contributed by atoms with Gasteiger partial charge in [-0.1, -0.05) is 192 Å². The van der Waals surface area contributed by atoms with Crippen LogP contribution in [0.25, 0.3) is 0 Å². The maximum absolute atomic E-state index is 12.8. The molecule has 2 N–H and O–H groups in total. The first-order chi connectivity index (χ1) is 26.0. The van der Waals surface area contributed by atoms with Crippen molar-refractivity contribution in [1.82, 2.24) is 5.32 Å². The summed E-state index contributed by atoms with van der Waals surface area (Å²) >= 11 is 0. The molecule has 0 aromatic rings. The fourth-order valence-corrected chi connectivity index (χ4v) is 7.24. The predicted molar refractivity (Wildman–Crippen MR) is 228 cm³/mol. The molecule has 0 heterocycles. The molecule has 0 aliphatic rings. The Morgan fingerprint density at radius 3 is 1.50 bits per heavy atom. The number of carbonyl (C=O) groups excluding carboxylic acids is 1. The van der Waals surface area contributed by atoms with Crippen LogP contribution < -0.4 is 10.2 Å². The van der Waals surface area contributed by atoms with E-state index in [9.17, 15) is 19.4 Å². The SMILES string of the molecule is CCCCCCCCCCCCCCCCCCC/C=C/CC/C=C/C(O)C(COP(=O)([O-])OCC[N+](C)(C)C)NC(=O)CCCCCCCCCCC. The van der Waals surface area contributed by atoms with E-state index < -0.39 is 20.0 Å². The summed E-state index contributed by atoms with van der Waals surface area (Å²) in [6, 6.07) is -0.896. The van der Waals surface area contributed by atoms with Gasteiger partial charge in [-0.15, -0.1) is 0 Å². The van der Waals surface area contributed by atoms with Crippen molar-refractivity contribution >= 4 is 13.7 Å². The number of quaternary nitrogens is 1. The summed E-state index contributed by atoms with van der Waals surface area (Å²) in [5.74, 6) is -0.210. The van der Waals surface area contributed by atoms with Crippen LogP contribution in [0.3, 0.4) is 0 Å². The standard InChI is InChI=1S/C45H89N2O6P/c1-6-8-10-12-14-16-17-18-19-20-21-22-23-24-25-26-27-28-29-31-32-34-36-38-44(48)43(42-53-54(50,51)52-41-40-47(3,4)5)46-45(49)39-37-35-33-30-15-13-11-9-7-2/h29,31,36,38,43-44,48H,6-28,30,32-35,37,39-42H2,1-5H3,(H-,46,49,50,51)/b31-29+,38-36+. The summed E-state index contributed by atoms with van der Waals surface area (Å²) in [7, 11) is 1.25. The second-order valence-corrected chi connectivity index (χ2v) is 18.2. The Morgan fingerprint density at radius 1 is 0.630 bits per heavy atom. The molecule has 3 atom stereocenters. The van der Waals surface area contributed by atoms with Crippen LogP contribution in [0.1, 0.15) is 206 Å². The van der Waals surface area contributed by atoms with Crippen LogP contribution >= 0.6 is 7.82 Å². The van der Waals surface area contributed by atoms with Crippen LogP contribution in [0.2, 0.25) is 0 Å². The number of hydrogen-bond acceptors (Lipinski definition) is 6. The lowest BCUT2D eigenvalue weighted by molar-refractivity contribution is -0.870. The minimum atomic E-state index is -4.59. The van der Waals surface area contributed by atoms with E-state index in [4.69, 9.17) is 9.05 Å². The highest BCUT2D eigenvalue weighted by molar-refractivity contribution is 7.45. The van der Waals surface area contributed by atoms with Crippen molar-refractivity contribution in [1.29, 1.82) is 0 Å². The smallest absolute Gasteiger partial charge is 0.268 e. The Bertz CT molecular complexity index is 938. The molecule has 3 unspecified atom stereocenters.